The molecule has 0 spiro atoms. The Morgan fingerprint density at radius 1 is 1.15 bits per heavy atom. The SMILES string of the molecule is CCc1c(C(N)CC)nnn1-c1cc(F)c(F)cc1F. The fourth-order valence-corrected chi connectivity index (χ4v) is 1.99. The summed E-state index contributed by atoms with van der Waals surface area (Å²) < 4.78 is 41.2. The lowest BCUT2D eigenvalue weighted by Gasteiger charge is -2.10. The number of hydrogen-bond donors (Lipinski definition) is 1. The predicted octanol–water partition coefficient (Wildman–Crippen LogP) is 2.66. The lowest BCUT2D eigenvalue weighted by atomic mass is 10.1. The van der Waals surface area contributed by atoms with Crippen LogP contribution in [-0.4, -0.2) is 15.0 Å². The number of benzene rings is 1. The molecule has 1 aromatic carbocycles. The normalized spacial score (nSPS) is 12.7. The number of aromatic nitrogens is 3. The highest BCUT2D eigenvalue weighted by atomic mass is 19.2. The third kappa shape index (κ3) is 2.40. The van der Waals surface area contributed by atoms with Gasteiger partial charge in [0.25, 0.3) is 0 Å². The van der Waals surface area contributed by atoms with Gasteiger partial charge in [-0.05, 0) is 12.8 Å². The maximum atomic E-state index is 13.8. The van der Waals surface area contributed by atoms with Crippen molar-refractivity contribution in [3.05, 3.63) is 41.0 Å². The van der Waals surface area contributed by atoms with Crippen LogP contribution in [0.4, 0.5) is 13.2 Å². The molecule has 2 aromatic rings. The molecule has 1 aromatic heterocycles. The average molecular weight is 284 g/mol. The minimum absolute atomic E-state index is 0.178. The predicted molar refractivity (Wildman–Crippen MR) is 67.8 cm³/mol. The molecular weight excluding hydrogens is 269 g/mol. The third-order valence-electron chi connectivity index (χ3n) is 3.14. The molecule has 1 unspecified atom stereocenters. The van der Waals surface area contributed by atoms with E-state index in [9.17, 15) is 13.2 Å². The fourth-order valence-electron chi connectivity index (χ4n) is 1.99. The first-order valence-electron chi connectivity index (χ1n) is 6.34. The Hall–Kier alpha value is -1.89. The van der Waals surface area contributed by atoms with Gasteiger partial charge in [0.05, 0.1) is 11.7 Å². The topological polar surface area (TPSA) is 56.7 Å². The van der Waals surface area contributed by atoms with Crippen LogP contribution in [0.3, 0.4) is 0 Å². The van der Waals surface area contributed by atoms with Crippen molar-refractivity contribution < 1.29 is 13.2 Å². The highest BCUT2D eigenvalue weighted by Gasteiger charge is 2.20. The molecule has 0 radical (unpaired) electrons. The van der Waals surface area contributed by atoms with Crippen molar-refractivity contribution in [2.45, 2.75) is 32.7 Å². The Morgan fingerprint density at radius 2 is 1.80 bits per heavy atom. The van der Waals surface area contributed by atoms with Crippen molar-refractivity contribution in [1.82, 2.24) is 15.0 Å². The lowest BCUT2D eigenvalue weighted by Crippen LogP contribution is -2.13. The molecule has 0 aliphatic rings. The summed E-state index contributed by atoms with van der Waals surface area (Å²) in [7, 11) is 0. The van der Waals surface area contributed by atoms with E-state index in [1.165, 1.54) is 4.68 Å². The van der Waals surface area contributed by atoms with Gasteiger partial charge >= 0.3 is 0 Å². The molecule has 2 N–H and O–H groups in total. The molecule has 0 aliphatic heterocycles. The third-order valence-corrected chi connectivity index (χ3v) is 3.14. The summed E-state index contributed by atoms with van der Waals surface area (Å²) in [6.45, 7) is 3.72. The van der Waals surface area contributed by atoms with Crippen LogP contribution in [0.25, 0.3) is 5.69 Å². The number of halogens is 3. The van der Waals surface area contributed by atoms with Crippen LogP contribution in [0.5, 0.6) is 0 Å². The van der Waals surface area contributed by atoms with Gasteiger partial charge in [0.15, 0.2) is 17.5 Å². The van der Waals surface area contributed by atoms with Crippen LogP contribution in [0, 0.1) is 17.5 Å². The summed E-state index contributed by atoms with van der Waals surface area (Å²) in [5.74, 6) is -3.28. The van der Waals surface area contributed by atoms with Gasteiger partial charge < -0.3 is 5.73 Å². The first-order valence-corrected chi connectivity index (χ1v) is 6.34. The van der Waals surface area contributed by atoms with E-state index in [1.54, 1.807) is 0 Å². The molecule has 108 valence electrons. The van der Waals surface area contributed by atoms with Crippen molar-refractivity contribution in [2.24, 2.45) is 5.73 Å². The molecule has 4 nitrogen and oxygen atoms in total. The average Bonchev–Trinajstić information content (AvgIpc) is 2.85. The molecule has 0 aliphatic carbocycles. The number of hydrogen-bond acceptors (Lipinski definition) is 3. The van der Waals surface area contributed by atoms with Crippen LogP contribution in [0.1, 0.15) is 37.7 Å². The van der Waals surface area contributed by atoms with Gasteiger partial charge in [-0.15, -0.1) is 5.10 Å². The summed E-state index contributed by atoms with van der Waals surface area (Å²) in [6.07, 6.45) is 1.14. The maximum absolute atomic E-state index is 13.8. The van der Waals surface area contributed by atoms with Gasteiger partial charge in [-0.1, -0.05) is 19.1 Å². The molecule has 0 amide bonds. The quantitative estimate of drug-likeness (QED) is 0.878. The van der Waals surface area contributed by atoms with Crippen molar-refractivity contribution in [2.75, 3.05) is 0 Å². The van der Waals surface area contributed by atoms with E-state index in [-0.39, 0.29) is 11.7 Å². The monoisotopic (exact) mass is 284 g/mol. The largest absolute Gasteiger partial charge is 0.323 e. The van der Waals surface area contributed by atoms with E-state index in [0.717, 1.165) is 6.07 Å². The van der Waals surface area contributed by atoms with Crippen LogP contribution in [-0.2, 0) is 6.42 Å². The van der Waals surface area contributed by atoms with E-state index < -0.39 is 17.5 Å². The molecule has 0 saturated heterocycles. The van der Waals surface area contributed by atoms with E-state index in [4.69, 9.17) is 5.73 Å². The van der Waals surface area contributed by atoms with E-state index in [2.05, 4.69) is 10.3 Å². The van der Waals surface area contributed by atoms with Crippen molar-refractivity contribution in [1.29, 1.82) is 0 Å². The first kappa shape index (κ1) is 14.5. The molecule has 20 heavy (non-hydrogen) atoms. The molecule has 0 saturated carbocycles. The molecule has 0 bridgehead atoms. The summed E-state index contributed by atoms with van der Waals surface area (Å²) in [5.41, 5.74) is 6.86. The minimum atomic E-state index is -1.24. The molecule has 0 fully saturated rings. The van der Waals surface area contributed by atoms with Gasteiger partial charge in [0.1, 0.15) is 11.4 Å². The zero-order valence-corrected chi connectivity index (χ0v) is 11.2. The van der Waals surface area contributed by atoms with Crippen LogP contribution in [0.2, 0.25) is 0 Å². The maximum Gasteiger partial charge on any atom is 0.161 e. The smallest absolute Gasteiger partial charge is 0.161 e. The molecule has 1 atom stereocenters. The van der Waals surface area contributed by atoms with Crippen LogP contribution < -0.4 is 5.73 Å². The number of nitrogens with zero attached hydrogens (tertiary/aromatic N) is 3. The van der Waals surface area contributed by atoms with E-state index >= 15 is 0 Å². The highest BCUT2D eigenvalue weighted by Crippen LogP contribution is 2.23. The van der Waals surface area contributed by atoms with Gasteiger partial charge in [0, 0.05) is 12.1 Å². The Morgan fingerprint density at radius 3 is 2.40 bits per heavy atom. The molecular formula is C13H15F3N4. The van der Waals surface area contributed by atoms with Crippen LogP contribution in [0.15, 0.2) is 12.1 Å². The van der Waals surface area contributed by atoms with Crippen molar-refractivity contribution in [3.8, 4) is 5.69 Å². The summed E-state index contributed by atoms with van der Waals surface area (Å²) >= 11 is 0. The Labute approximate surface area is 114 Å². The lowest BCUT2D eigenvalue weighted by molar-refractivity contribution is 0.490. The summed E-state index contributed by atoms with van der Waals surface area (Å²) in [5, 5.41) is 7.75. The second-order valence-electron chi connectivity index (χ2n) is 4.42. The van der Waals surface area contributed by atoms with E-state index in [0.29, 0.717) is 30.3 Å². The molecule has 1 heterocycles. The zero-order chi connectivity index (χ0) is 14.9. The zero-order valence-electron chi connectivity index (χ0n) is 11.2. The second kappa shape index (κ2) is 5.62. The highest BCUT2D eigenvalue weighted by molar-refractivity contribution is 5.36. The second-order valence-corrected chi connectivity index (χ2v) is 4.42. The summed E-state index contributed by atoms with van der Waals surface area (Å²) in [4.78, 5) is 0. The van der Waals surface area contributed by atoms with Gasteiger partial charge in [0.2, 0.25) is 0 Å². The molecule has 7 heteroatoms. The van der Waals surface area contributed by atoms with Crippen molar-refractivity contribution in [3.63, 3.8) is 0 Å². The van der Waals surface area contributed by atoms with Gasteiger partial charge in [-0.25, -0.2) is 17.9 Å². The molecule has 2 rings (SSSR count). The Bertz CT molecular complexity index is 624. The summed E-state index contributed by atoms with van der Waals surface area (Å²) in [6, 6.07) is 0.928. The Kier molecular flexibility index (Phi) is 4.08. The van der Waals surface area contributed by atoms with Gasteiger partial charge in [-0.3, -0.25) is 0 Å². The van der Waals surface area contributed by atoms with Gasteiger partial charge in [-0.2, -0.15) is 0 Å². The number of nitrogens with two attached hydrogens (primary N) is 1. The first-order chi connectivity index (χ1) is 9.49. The minimum Gasteiger partial charge on any atom is -0.323 e. The van der Waals surface area contributed by atoms with E-state index in [1.807, 2.05) is 13.8 Å². The van der Waals surface area contributed by atoms with Crippen molar-refractivity contribution >= 4 is 0 Å². The fraction of sp³-hybridized carbons (Fsp3) is 0.385. The van der Waals surface area contributed by atoms with Crippen LogP contribution >= 0.6 is 0 Å². The number of rotatable bonds is 4. The standard InChI is InChI=1S/C13H15F3N4/c1-3-10(17)13-11(4-2)20(19-18-13)12-6-8(15)7(14)5-9(12)16/h5-6,10H,3-4,17H2,1-2H3. The Balaban J connectivity index is 2.59.